The van der Waals surface area contributed by atoms with Crippen molar-refractivity contribution in [3.63, 3.8) is 0 Å². The monoisotopic (exact) mass is 552 g/mol. The third kappa shape index (κ3) is 5.75. The lowest BCUT2D eigenvalue weighted by atomic mass is 10.1. The Labute approximate surface area is 215 Å². The molecule has 1 atom stereocenters. The van der Waals surface area contributed by atoms with Gasteiger partial charge in [-0.1, -0.05) is 0 Å². The highest BCUT2D eigenvalue weighted by Gasteiger charge is 2.49. The number of carbonyl (C=O) groups excluding carboxylic acids is 1. The predicted octanol–water partition coefficient (Wildman–Crippen LogP) is 3.60. The van der Waals surface area contributed by atoms with Crippen molar-refractivity contribution in [1.82, 2.24) is 19.9 Å². The van der Waals surface area contributed by atoms with Crippen LogP contribution in [0.1, 0.15) is 32.8 Å². The standard InChI is InChI=1S/C23H23F3N6O5S/c1-22(2,3)36-21(33)30-17-6-7-31(13-17)19-5-4-14(10-28-19)15-8-18(37-38(34,35)23(24,25)26)20-16(9-27)11-29-32(20)12-15/h4-5,8,10-12,17H,6-7,13H2,1-3H3,(H,30,33)/t17-/m1/s1. The molecule has 0 radical (unpaired) electrons. The van der Waals surface area contributed by atoms with Crippen molar-refractivity contribution in [2.45, 2.75) is 44.3 Å². The summed E-state index contributed by atoms with van der Waals surface area (Å²) in [5.41, 5.74) is -5.99. The number of pyridine rings is 2. The molecule has 15 heteroatoms. The molecule has 1 aliphatic heterocycles. The van der Waals surface area contributed by atoms with Crippen LogP contribution in [0, 0.1) is 11.3 Å². The van der Waals surface area contributed by atoms with Crippen LogP contribution in [-0.2, 0) is 14.9 Å². The van der Waals surface area contributed by atoms with Crippen LogP contribution in [0.2, 0.25) is 0 Å². The Morgan fingerprint density at radius 3 is 2.55 bits per heavy atom. The maximum atomic E-state index is 13.0. The van der Waals surface area contributed by atoms with Crippen LogP contribution in [-0.4, -0.2) is 59.3 Å². The van der Waals surface area contributed by atoms with Gasteiger partial charge >= 0.3 is 21.7 Å². The molecule has 0 aromatic carbocycles. The second-order valence-corrected chi connectivity index (χ2v) is 11.1. The minimum atomic E-state index is -6.00. The molecule has 1 aliphatic rings. The Hall–Kier alpha value is -4.06. The van der Waals surface area contributed by atoms with E-state index in [2.05, 4.69) is 19.6 Å². The second kappa shape index (κ2) is 9.67. The summed E-state index contributed by atoms with van der Waals surface area (Å²) in [6, 6.07) is 6.02. The van der Waals surface area contributed by atoms with E-state index in [1.165, 1.54) is 12.4 Å². The van der Waals surface area contributed by atoms with Crippen LogP contribution in [0.5, 0.6) is 5.75 Å². The maximum absolute atomic E-state index is 13.0. The highest BCUT2D eigenvalue weighted by atomic mass is 32.2. The fourth-order valence-corrected chi connectivity index (χ4v) is 4.32. The van der Waals surface area contributed by atoms with Crippen molar-refractivity contribution < 1.29 is 35.3 Å². The van der Waals surface area contributed by atoms with E-state index < -0.39 is 33.1 Å². The molecular formula is C23H23F3N6O5S. The molecule has 0 saturated carbocycles. The zero-order chi connectivity index (χ0) is 27.9. The summed E-state index contributed by atoms with van der Waals surface area (Å²) in [6.07, 6.45) is 4.13. The lowest BCUT2D eigenvalue weighted by Gasteiger charge is -2.22. The summed E-state index contributed by atoms with van der Waals surface area (Å²) < 4.78 is 73.0. The SMILES string of the molecule is CC(C)(C)OC(=O)N[C@@H]1CCN(c2ccc(-c3cc(OS(=O)(=O)C(F)(F)F)c4c(C#N)cnn4c3)cn2)C1. The third-order valence-corrected chi connectivity index (χ3v) is 6.46. The first-order valence-electron chi connectivity index (χ1n) is 11.3. The molecule has 202 valence electrons. The van der Waals surface area contributed by atoms with Gasteiger partial charge in [-0.15, -0.1) is 0 Å². The fraction of sp³-hybridized carbons (Fsp3) is 0.391. The van der Waals surface area contributed by atoms with Crippen LogP contribution >= 0.6 is 0 Å². The van der Waals surface area contributed by atoms with Crippen molar-refractivity contribution in [3.8, 4) is 22.9 Å². The van der Waals surface area contributed by atoms with Gasteiger partial charge in [0.05, 0.1) is 12.2 Å². The molecule has 0 bridgehead atoms. The van der Waals surface area contributed by atoms with E-state index in [4.69, 9.17) is 4.74 Å². The zero-order valence-corrected chi connectivity index (χ0v) is 21.3. The average Bonchev–Trinajstić information content (AvgIpc) is 3.44. The number of halogens is 3. The van der Waals surface area contributed by atoms with E-state index in [9.17, 15) is 31.6 Å². The summed E-state index contributed by atoms with van der Waals surface area (Å²) in [5, 5.41) is 16.0. The number of hydrogen-bond acceptors (Lipinski definition) is 9. The number of aromatic nitrogens is 3. The molecule has 0 spiro atoms. The summed E-state index contributed by atoms with van der Waals surface area (Å²) in [4.78, 5) is 18.4. The number of nitriles is 1. The topological polar surface area (TPSA) is 139 Å². The van der Waals surface area contributed by atoms with Crippen molar-refractivity contribution >= 4 is 27.5 Å². The molecule has 1 fully saturated rings. The van der Waals surface area contributed by atoms with Crippen LogP contribution in [0.4, 0.5) is 23.8 Å². The quantitative estimate of drug-likeness (QED) is 0.372. The number of fused-ring (bicyclic) bond motifs is 1. The van der Waals surface area contributed by atoms with Gasteiger partial charge in [0.15, 0.2) is 5.75 Å². The van der Waals surface area contributed by atoms with E-state index in [0.29, 0.717) is 30.9 Å². The number of nitrogens with zero attached hydrogens (tertiary/aromatic N) is 5. The van der Waals surface area contributed by atoms with E-state index >= 15 is 0 Å². The molecule has 1 N–H and O–H groups in total. The first kappa shape index (κ1) is 27.0. The van der Waals surface area contributed by atoms with Crippen molar-refractivity contribution in [3.05, 3.63) is 42.4 Å². The Morgan fingerprint density at radius 1 is 1.21 bits per heavy atom. The summed E-state index contributed by atoms with van der Waals surface area (Å²) in [6.45, 7) is 6.44. The number of alkyl halides is 3. The van der Waals surface area contributed by atoms with Gasteiger partial charge < -0.3 is 19.1 Å². The molecule has 38 heavy (non-hydrogen) atoms. The Bertz CT molecular complexity index is 1510. The number of ether oxygens (including phenoxy) is 1. The minimum Gasteiger partial charge on any atom is -0.444 e. The minimum absolute atomic E-state index is 0.141. The molecular weight excluding hydrogens is 529 g/mol. The number of amides is 1. The molecule has 4 heterocycles. The average molecular weight is 553 g/mol. The molecule has 1 amide bonds. The smallest absolute Gasteiger partial charge is 0.444 e. The molecule has 4 rings (SSSR count). The van der Waals surface area contributed by atoms with E-state index in [0.717, 1.165) is 16.8 Å². The van der Waals surface area contributed by atoms with Gasteiger partial charge in [0.25, 0.3) is 0 Å². The molecule has 0 unspecified atom stereocenters. The Morgan fingerprint density at radius 2 is 1.95 bits per heavy atom. The number of hydrogen-bond donors (Lipinski definition) is 1. The molecule has 1 saturated heterocycles. The van der Waals surface area contributed by atoms with E-state index in [1.54, 1.807) is 39.0 Å². The normalized spacial score (nSPS) is 16.3. The predicted molar refractivity (Wildman–Crippen MR) is 129 cm³/mol. The lowest BCUT2D eigenvalue weighted by molar-refractivity contribution is -0.0499. The van der Waals surface area contributed by atoms with Gasteiger partial charge in [-0.3, -0.25) is 0 Å². The first-order chi connectivity index (χ1) is 17.7. The van der Waals surface area contributed by atoms with Gasteiger partial charge in [0, 0.05) is 36.6 Å². The zero-order valence-electron chi connectivity index (χ0n) is 20.5. The van der Waals surface area contributed by atoms with Gasteiger partial charge in [-0.25, -0.2) is 14.3 Å². The summed E-state index contributed by atoms with van der Waals surface area (Å²) >= 11 is 0. The summed E-state index contributed by atoms with van der Waals surface area (Å²) in [7, 11) is -6.00. The van der Waals surface area contributed by atoms with Gasteiger partial charge in [0.1, 0.15) is 28.6 Å². The summed E-state index contributed by atoms with van der Waals surface area (Å²) in [5.74, 6) is -0.0983. The van der Waals surface area contributed by atoms with Gasteiger partial charge in [-0.05, 0) is 45.4 Å². The third-order valence-electron chi connectivity index (χ3n) is 5.49. The van der Waals surface area contributed by atoms with Crippen molar-refractivity contribution in [2.75, 3.05) is 18.0 Å². The van der Waals surface area contributed by atoms with E-state index in [1.807, 2.05) is 4.90 Å². The van der Waals surface area contributed by atoms with Crippen LogP contribution < -0.4 is 14.4 Å². The number of rotatable bonds is 5. The van der Waals surface area contributed by atoms with Crippen LogP contribution in [0.15, 0.2) is 36.8 Å². The number of nitrogens with one attached hydrogen (secondary N) is 1. The molecule has 3 aromatic rings. The van der Waals surface area contributed by atoms with Gasteiger partial charge in [-0.2, -0.15) is 31.9 Å². The Kier molecular flexibility index (Phi) is 6.87. The lowest BCUT2D eigenvalue weighted by Crippen LogP contribution is -2.40. The number of anilines is 1. The second-order valence-electron chi connectivity index (χ2n) is 9.52. The maximum Gasteiger partial charge on any atom is 0.534 e. The van der Waals surface area contributed by atoms with E-state index in [-0.39, 0.29) is 22.7 Å². The first-order valence-corrected chi connectivity index (χ1v) is 12.7. The molecule has 3 aromatic heterocycles. The van der Waals surface area contributed by atoms with Crippen LogP contribution in [0.25, 0.3) is 16.6 Å². The highest BCUT2D eigenvalue weighted by Crippen LogP contribution is 2.34. The van der Waals surface area contributed by atoms with Crippen molar-refractivity contribution in [2.24, 2.45) is 0 Å². The number of carbonyl (C=O) groups is 1. The largest absolute Gasteiger partial charge is 0.534 e. The fourth-order valence-electron chi connectivity index (χ4n) is 3.86. The molecule has 0 aliphatic carbocycles. The van der Waals surface area contributed by atoms with Gasteiger partial charge in [0.2, 0.25) is 0 Å². The Balaban J connectivity index is 1.56. The van der Waals surface area contributed by atoms with Crippen molar-refractivity contribution in [1.29, 1.82) is 5.26 Å². The highest BCUT2D eigenvalue weighted by molar-refractivity contribution is 7.88. The van der Waals surface area contributed by atoms with Crippen LogP contribution in [0.3, 0.4) is 0 Å². The molecule has 11 nitrogen and oxygen atoms in total. The number of alkyl carbamates (subject to hydrolysis) is 1.